The Morgan fingerprint density at radius 3 is 2.26 bits per heavy atom. The first-order valence-electron chi connectivity index (χ1n) is 16.0. The van der Waals surface area contributed by atoms with E-state index >= 15 is 0 Å². The van der Waals surface area contributed by atoms with Gasteiger partial charge in [-0.05, 0) is 91.6 Å². The first-order valence-corrected chi connectivity index (χ1v) is 16.0. The molecule has 0 saturated carbocycles. The summed E-state index contributed by atoms with van der Waals surface area (Å²) >= 11 is 0. The monoisotopic (exact) mass is 648 g/mol. The van der Waals surface area contributed by atoms with Gasteiger partial charge < -0.3 is 29.5 Å². The second-order valence-corrected chi connectivity index (χ2v) is 12.7. The van der Waals surface area contributed by atoms with Crippen molar-refractivity contribution < 1.29 is 42.9 Å². The molecule has 3 saturated heterocycles. The van der Waals surface area contributed by atoms with Crippen molar-refractivity contribution in [2.45, 2.75) is 62.3 Å². The van der Waals surface area contributed by atoms with Gasteiger partial charge in [0.05, 0.1) is 31.3 Å². The number of hydrogen-bond acceptors (Lipinski definition) is 6. The molecule has 3 aliphatic heterocycles. The number of aliphatic hydroxyl groups is 1. The summed E-state index contributed by atoms with van der Waals surface area (Å²) < 4.78 is 38.5. The number of rotatable bonds is 13. The first-order chi connectivity index (χ1) is 22.6. The molecule has 2 N–H and O–H groups in total. The molecule has 0 radical (unpaired) electrons. The van der Waals surface area contributed by atoms with Crippen molar-refractivity contribution in [2.24, 2.45) is 5.92 Å². The average Bonchev–Trinajstić information content (AvgIpc) is 3.55. The van der Waals surface area contributed by atoms with E-state index < -0.39 is 35.5 Å². The number of anilines is 1. The summed E-state index contributed by atoms with van der Waals surface area (Å²) in [4.78, 5) is 40.7. The maximum atomic E-state index is 13.7. The number of aliphatic carboxylic acids is 1. The molecule has 3 aromatic rings. The Balaban J connectivity index is 1.10. The van der Waals surface area contributed by atoms with E-state index in [0.717, 1.165) is 11.1 Å². The molecule has 0 bridgehead atoms. The van der Waals surface area contributed by atoms with Crippen LogP contribution in [0.4, 0.5) is 14.5 Å². The van der Waals surface area contributed by atoms with Crippen LogP contribution in [0.2, 0.25) is 0 Å². The number of ether oxygens (including phenoxy) is 2. The van der Waals surface area contributed by atoms with E-state index in [4.69, 9.17) is 9.47 Å². The lowest BCUT2D eigenvalue weighted by Gasteiger charge is -2.48. The number of halogens is 2. The fourth-order valence-corrected chi connectivity index (χ4v) is 6.79. The third-order valence-corrected chi connectivity index (χ3v) is 9.61. The van der Waals surface area contributed by atoms with Gasteiger partial charge in [-0.1, -0.05) is 36.4 Å². The molecule has 4 atom stereocenters. The van der Waals surface area contributed by atoms with Gasteiger partial charge in [0.25, 0.3) is 0 Å². The quantitative estimate of drug-likeness (QED) is 0.251. The van der Waals surface area contributed by atoms with E-state index in [1.54, 1.807) is 17.0 Å². The molecule has 0 aromatic heterocycles. The Labute approximate surface area is 271 Å². The third kappa shape index (κ3) is 7.07. The van der Waals surface area contributed by atoms with E-state index in [0.29, 0.717) is 69.5 Å². The smallest absolute Gasteiger partial charge is 0.326 e. The minimum atomic E-state index is -0.998. The van der Waals surface area contributed by atoms with Gasteiger partial charge >= 0.3 is 5.97 Å². The maximum Gasteiger partial charge on any atom is 0.326 e. The van der Waals surface area contributed by atoms with Crippen LogP contribution < -0.4 is 4.90 Å². The summed E-state index contributed by atoms with van der Waals surface area (Å²) in [6.45, 7) is 0.917. The summed E-state index contributed by atoms with van der Waals surface area (Å²) in [5.41, 5.74) is 2.48. The zero-order valence-corrected chi connectivity index (χ0v) is 25.9. The Kier molecular flexibility index (Phi) is 9.67. The highest BCUT2D eigenvalue weighted by molar-refractivity contribution is 6.03. The van der Waals surface area contributed by atoms with Crippen LogP contribution >= 0.6 is 0 Å². The predicted octanol–water partition coefficient (Wildman–Crippen LogP) is 4.98. The topological polar surface area (TPSA) is 117 Å². The SMILES string of the molecule is O=C(O)C1CCCN1C(=O)COC1(CCc2ccc(C3C(CCC(O)c4ccc(F)cc4)C(=O)N3c3ccc(F)cc3)cc2)COC1. The number of aryl methyl sites for hydroxylation is 1. The highest BCUT2D eigenvalue weighted by Crippen LogP contribution is 2.46. The minimum absolute atomic E-state index is 0.112. The van der Waals surface area contributed by atoms with Gasteiger partial charge in [-0.2, -0.15) is 0 Å². The van der Waals surface area contributed by atoms with Crippen LogP contribution in [0.1, 0.15) is 60.9 Å². The van der Waals surface area contributed by atoms with Gasteiger partial charge in [-0.3, -0.25) is 9.59 Å². The number of carbonyl (C=O) groups excluding carboxylic acids is 2. The van der Waals surface area contributed by atoms with E-state index in [1.807, 2.05) is 24.3 Å². The van der Waals surface area contributed by atoms with E-state index in [1.165, 1.54) is 41.3 Å². The van der Waals surface area contributed by atoms with Gasteiger partial charge in [0.15, 0.2) is 0 Å². The van der Waals surface area contributed by atoms with E-state index in [2.05, 4.69) is 0 Å². The van der Waals surface area contributed by atoms with Crippen molar-refractivity contribution in [1.82, 2.24) is 4.90 Å². The molecule has 3 heterocycles. The summed E-state index contributed by atoms with van der Waals surface area (Å²) in [7, 11) is 0. The Bertz CT molecular complexity index is 1580. The number of carbonyl (C=O) groups is 3. The second kappa shape index (κ2) is 13.9. The maximum absolute atomic E-state index is 13.7. The van der Waals surface area contributed by atoms with Gasteiger partial charge in [0.2, 0.25) is 11.8 Å². The summed E-state index contributed by atoms with van der Waals surface area (Å²) in [6, 6.07) is 18.3. The lowest BCUT2D eigenvalue weighted by molar-refractivity contribution is -0.214. The lowest BCUT2D eigenvalue weighted by atomic mass is 9.78. The van der Waals surface area contributed by atoms with Crippen molar-refractivity contribution in [3.8, 4) is 0 Å². The van der Waals surface area contributed by atoms with Crippen LogP contribution in [0, 0.1) is 17.6 Å². The largest absolute Gasteiger partial charge is 0.480 e. The van der Waals surface area contributed by atoms with Gasteiger partial charge in [-0.15, -0.1) is 0 Å². The molecule has 0 spiro atoms. The van der Waals surface area contributed by atoms with Crippen LogP contribution in [0.25, 0.3) is 0 Å². The molecule has 6 rings (SSSR count). The van der Waals surface area contributed by atoms with Crippen LogP contribution in [-0.2, 0) is 30.3 Å². The third-order valence-electron chi connectivity index (χ3n) is 9.61. The highest BCUT2D eigenvalue weighted by Gasteiger charge is 2.48. The first kappa shape index (κ1) is 32.7. The lowest BCUT2D eigenvalue weighted by Crippen LogP contribution is -2.55. The van der Waals surface area contributed by atoms with Crippen molar-refractivity contribution in [2.75, 3.05) is 31.3 Å². The van der Waals surface area contributed by atoms with Gasteiger partial charge in [0, 0.05) is 12.2 Å². The number of aliphatic hydroxyl groups excluding tert-OH is 1. The zero-order valence-electron chi connectivity index (χ0n) is 25.9. The molecule has 2 amide bonds. The predicted molar refractivity (Wildman–Crippen MR) is 167 cm³/mol. The summed E-state index contributed by atoms with van der Waals surface area (Å²) in [6.07, 6.45) is 2.23. The van der Waals surface area contributed by atoms with Crippen molar-refractivity contribution >= 4 is 23.5 Å². The van der Waals surface area contributed by atoms with Crippen molar-refractivity contribution in [3.63, 3.8) is 0 Å². The summed E-state index contributed by atoms with van der Waals surface area (Å²) in [5, 5.41) is 20.1. The number of hydrogen-bond donors (Lipinski definition) is 2. The average molecular weight is 649 g/mol. The number of β-lactam (4-membered cyclic amide) rings is 1. The molecule has 3 fully saturated rings. The molecule has 3 aromatic carbocycles. The molecule has 248 valence electrons. The molecular formula is C36H38F2N2O7. The number of likely N-dealkylation sites (tertiary alicyclic amines) is 1. The van der Waals surface area contributed by atoms with Crippen molar-refractivity contribution in [3.05, 3.63) is 101 Å². The molecule has 11 heteroatoms. The Hall–Kier alpha value is -4.19. The number of benzene rings is 3. The standard InChI is InChI=1S/C36H38F2N2O7/c37-26-9-7-24(8-10-26)31(41)16-15-29-33(40(34(29)43)28-13-11-27(38)12-14-28)25-5-3-23(4-6-25)17-18-36(21-46-22-36)47-20-32(42)39-19-1-2-30(39)35(44)45/h3-14,29-31,33,41H,1-2,15-22H2,(H,44,45). The molecule has 9 nitrogen and oxygen atoms in total. The van der Waals surface area contributed by atoms with Crippen molar-refractivity contribution in [1.29, 1.82) is 0 Å². The fraction of sp³-hybridized carbons (Fsp3) is 0.417. The van der Waals surface area contributed by atoms with E-state index in [-0.39, 0.29) is 30.3 Å². The molecule has 0 aliphatic carbocycles. The molecular weight excluding hydrogens is 610 g/mol. The Morgan fingerprint density at radius 1 is 0.979 bits per heavy atom. The van der Waals surface area contributed by atoms with Gasteiger partial charge in [0.1, 0.15) is 29.9 Å². The normalized spacial score (nSPS) is 22.4. The van der Waals surface area contributed by atoms with Crippen LogP contribution in [0.15, 0.2) is 72.8 Å². The van der Waals surface area contributed by atoms with E-state index in [9.17, 15) is 33.4 Å². The number of carboxylic acid groups (broad SMARTS) is 1. The van der Waals surface area contributed by atoms with Crippen LogP contribution in [-0.4, -0.2) is 70.9 Å². The zero-order chi connectivity index (χ0) is 33.1. The Morgan fingerprint density at radius 2 is 1.64 bits per heavy atom. The second-order valence-electron chi connectivity index (χ2n) is 12.7. The highest BCUT2D eigenvalue weighted by atomic mass is 19.1. The molecule has 47 heavy (non-hydrogen) atoms. The fourth-order valence-electron chi connectivity index (χ4n) is 6.79. The van der Waals surface area contributed by atoms with Crippen LogP contribution in [0.5, 0.6) is 0 Å². The van der Waals surface area contributed by atoms with Crippen LogP contribution in [0.3, 0.4) is 0 Å². The van der Waals surface area contributed by atoms with Gasteiger partial charge in [-0.25, -0.2) is 13.6 Å². The summed E-state index contributed by atoms with van der Waals surface area (Å²) in [5.74, 6) is -2.63. The number of nitrogens with zero attached hydrogens (tertiary/aromatic N) is 2. The number of carboxylic acids is 1. The molecule has 4 unspecified atom stereocenters. The molecule has 3 aliphatic rings. The number of amides is 2. The minimum Gasteiger partial charge on any atom is -0.480 e.